The second kappa shape index (κ2) is 9.27. The maximum absolute atomic E-state index is 13.1. The zero-order chi connectivity index (χ0) is 18.2. The lowest BCUT2D eigenvalue weighted by atomic mass is 9.99. The number of amides is 1. The van der Waals surface area contributed by atoms with Crippen LogP contribution in [0.5, 0.6) is 0 Å². The Hall–Kier alpha value is -2.09. The minimum Gasteiger partial charge on any atom is -0.467 e. The van der Waals surface area contributed by atoms with Crippen molar-refractivity contribution in [2.75, 3.05) is 20.3 Å². The molecule has 0 aliphatic carbocycles. The lowest BCUT2D eigenvalue weighted by molar-refractivity contribution is -0.147. The van der Waals surface area contributed by atoms with E-state index in [1.54, 1.807) is 6.92 Å². The van der Waals surface area contributed by atoms with Crippen LogP contribution in [0.2, 0.25) is 0 Å². The first kappa shape index (κ1) is 20.0. The smallest absolute Gasteiger partial charge is 0.416 e. The number of nitrogens with one attached hydrogen (secondary N) is 1. The normalized spacial score (nSPS) is 12.5. The molecule has 24 heavy (non-hydrogen) atoms. The molecule has 1 N–H and O–H groups in total. The van der Waals surface area contributed by atoms with Crippen molar-refractivity contribution >= 4 is 11.9 Å². The van der Waals surface area contributed by atoms with Gasteiger partial charge < -0.3 is 14.8 Å². The first-order valence-corrected chi connectivity index (χ1v) is 7.42. The van der Waals surface area contributed by atoms with Gasteiger partial charge in [0.25, 0.3) is 0 Å². The average Bonchev–Trinajstić information content (AvgIpc) is 2.55. The van der Waals surface area contributed by atoms with Crippen molar-refractivity contribution in [1.82, 2.24) is 5.32 Å². The van der Waals surface area contributed by atoms with E-state index in [1.165, 1.54) is 12.1 Å². The van der Waals surface area contributed by atoms with Crippen molar-refractivity contribution in [2.45, 2.75) is 32.0 Å². The molecule has 0 heterocycles. The molecule has 134 valence electrons. The average molecular weight is 347 g/mol. The molecule has 0 aliphatic heterocycles. The van der Waals surface area contributed by atoms with Crippen LogP contribution in [0.15, 0.2) is 24.3 Å². The van der Waals surface area contributed by atoms with Crippen LogP contribution >= 0.6 is 0 Å². The molecule has 1 atom stereocenters. The summed E-state index contributed by atoms with van der Waals surface area (Å²) in [6.45, 7) is 2.67. The van der Waals surface area contributed by atoms with Crippen LogP contribution in [0.1, 0.15) is 36.9 Å². The highest BCUT2D eigenvalue weighted by Crippen LogP contribution is 2.34. The Balaban J connectivity index is 2.95. The quantitative estimate of drug-likeness (QED) is 0.580. The summed E-state index contributed by atoms with van der Waals surface area (Å²) in [6, 6.07) is 3.05. The van der Waals surface area contributed by atoms with Gasteiger partial charge in [-0.25, -0.2) is 4.79 Å². The monoisotopic (exact) mass is 347 g/mol. The molecule has 8 heteroatoms. The zero-order valence-electron chi connectivity index (χ0n) is 13.5. The summed E-state index contributed by atoms with van der Waals surface area (Å²) in [5, 5.41) is 2.30. The summed E-state index contributed by atoms with van der Waals surface area (Å²) in [5.41, 5.74) is -1.34. The fourth-order valence-corrected chi connectivity index (χ4v) is 2.10. The largest absolute Gasteiger partial charge is 0.467 e. The summed E-state index contributed by atoms with van der Waals surface area (Å²) in [6.07, 6.45) is -4.22. The van der Waals surface area contributed by atoms with Gasteiger partial charge in [0.2, 0.25) is 5.91 Å². The molecule has 1 rings (SSSR count). The summed E-state index contributed by atoms with van der Waals surface area (Å²) >= 11 is 0. The van der Waals surface area contributed by atoms with Gasteiger partial charge in [-0.2, -0.15) is 13.2 Å². The van der Waals surface area contributed by atoms with Gasteiger partial charge in [-0.3, -0.25) is 4.79 Å². The van der Waals surface area contributed by atoms with Gasteiger partial charge in [-0.15, -0.1) is 0 Å². The number of esters is 1. The summed E-state index contributed by atoms with van der Waals surface area (Å²) in [4.78, 5) is 23.8. The minimum atomic E-state index is -4.65. The third kappa shape index (κ3) is 5.84. The van der Waals surface area contributed by atoms with E-state index < -0.39 is 29.7 Å². The molecule has 0 spiro atoms. The Morgan fingerprint density at radius 3 is 2.50 bits per heavy atom. The van der Waals surface area contributed by atoms with Crippen LogP contribution < -0.4 is 5.32 Å². The summed E-state index contributed by atoms with van der Waals surface area (Å²) in [5.74, 6) is -1.52. The van der Waals surface area contributed by atoms with Crippen LogP contribution in [0.3, 0.4) is 0 Å². The molecule has 0 bridgehead atoms. The number of hydrogen-bond acceptors (Lipinski definition) is 4. The predicted octanol–water partition coefficient (Wildman–Crippen LogP) is 2.85. The maximum Gasteiger partial charge on any atom is 0.416 e. The SMILES string of the molecule is CCOCCCC(=O)N[C@@H](C(=O)OC)c1ccccc1C(F)(F)F. The number of benzene rings is 1. The molecule has 0 aromatic heterocycles. The topological polar surface area (TPSA) is 64.6 Å². The number of hydrogen-bond donors (Lipinski definition) is 1. The molecule has 0 saturated heterocycles. The molecule has 0 unspecified atom stereocenters. The van der Waals surface area contributed by atoms with Crippen molar-refractivity contribution in [3.05, 3.63) is 35.4 Å². The zero-order valence-corrected chi connectivity index (χ0v) is 13.5. The van der Waals surface area contributed by atoms with Gasteiger partial charge in [0, 0.05) is 19.6 Å². The third-order valence-corrected chi connectivity index (χ3v) is 3.22. The van der Waals surface area contributed by atoms with Gasteiger partial charge in [0.05, 0.1) is 12.7 Å². The molecular weight excluding hydrogens is 327 g/mol. The Kier molecular flexibility index (Phi) is 7.70. The number of carbonyl (C=O) groups excluding carboxylic acids is 2. The van der Waals surface area contributed by atoms with E-state index in [0.717, 1.165) is 19.2 Å². The van der Waals surface area contributed by atoms with Crippen LogP contribution in [0, 0.1) is 0 Å². The van der Waals surface area contributed by atoms with E-state index in [2.05, 4.69) is 10.1 Å². The molecule has 1 amide bonds. The van der Waals surface area contributed by atoms with Crippen molar-refractivity contribution in [3.8, 4) is 0 Å². The van der Waals surface area contributed by atoms with Crippen molar-refractivity contribution in [1.29, 1.82) is 0 Å². The van der Waals surface area contributed by atoms with E-state index in [-0.39, 0.29) is 12.0 Å². The maximum atomic E-state index is 13.1. The van der Waals surface area contributed by atoms with Crippen molar-refractivity contribution < 1.29 is 32.2 Å². The van der Waals surface area contributed by atoms with E-state index >= 15 is 0 Å². The lowest BCUT2D eigenvalue weighted by Gasteiger charge is -2.21. The molecule has 0 aliphatic rings. The Labute approximate surface area is 138 Å². The van der Waals surface area contributed by atoms with Gasteiger partial charge in [-0.05, 0) is 25.0 Å². The first-order valence-electron chi connectivity index (χ1n) is 7.42. The van der Waals surface area contributed by atoms with E-state index in [4.69, 9.17) is 4.74 Å². The van der Waals surface area contributed by atoms with E-state index in [0.29, 0.717) is 19.6 Å². The van der Waals surface area contributed by atoms with Gasteiger partial charge in [0.1, 0.15) is 0 Å². The standard InChI is InChI=1S/C16H20F3NO4/c1-3-24-10-6-9-13(21)20-14(15(22)23-2)11-7-4-5-8-12(11)16(17,18)19/h4-5,7-8,14H,3,6,9-10H2,1-2H3,(H,20,21)/t14-/m1/s1. The molecule has 1 aromatic rings. The Morgan fingerprint density at radius 1 is 1.25 bits per heavy atom. The summed E-state index contributed by atoms with van der Waals surface area (Å²) in [7, 11) is 1.05. The molecule has 1 aromatic carbocycles. The van der Waals surface area contributed by atoms with Gasteiger partial charge in [0.15, 0.2) is 6.04 Å². The van der Waals surface area contributed by atoms with Gasteiger partial charge in [-0.1, -0.05) is 18.2 Å². The third-order valence-electron chi connectivity index (χ3n) is 3.22. The Bertz CT molecular complexity index is 560. The number of alkyl halides is 3. The van der Waals surface area contributed by atoms with Crippen LogP contribution in [0.25, 0.3) is 0 Å². The first-order chi connectivity index (χ1) is 11.3. The minimum absolute atomic E-state index is 0.0294. The predicted molar refractivity (Wildman–Crippen MR) is 80.1 cm³/mol. The molecular formula is C16H20F3NO4. The molecule has 5 nitrogen and oxygen atoms in total. The van der Waals surface area contributed by atoms with E-state index in [1.807, 2.05) is 0 Å². The van der Waals surface area contributed by atoms with Gasteiger partial charge >= 0.3 is 12.1 Å². The number of carbonyl (C=O) groups is 2. The Morgan fingerprint density at radius 2 is 1.92 bits per heavy atom. The lowest BCUT2D eigenvalue weighted by Crippen LogP contribution is -2.35. The number of halogens is 3. The fraction of sp³-hybridized carbons (Fsp3) is 0.500. The molecule has 0 fully saturated rings. The highest BCUT2D eigenvalue weighted by molar-refractivity contribution is 5.85. The number of methoxy groups -OCH3 is 1. The van der Waals surface area contributed by atoms with Crippen molar-refractivity contribution in [2.24, 2.45) is 0 Å². The van der Waals surface area contributed by atoms with E-state index in [9.17, 15) is 22.8 Å². The number of rotatable bonds is 8. The van der Waals surface area contributed by atoms with Crippen LogP contribution in [-0.2, 0) is 25.2 Å². The molecule has 0 saturated carbocycles. The van der Waals surface area contributed by atoms with Crippen molar-refractivity contribution in [3.63, 3.8) is 0 Å². The second-order valence-electron chi connectivity index (χ2n) is 4.91. The fourth-order valence-electron chi connectivity index (χ4n) is 2.10. The highest BCUT2D eigenvalue weighted by Gasteiger charge is 2.37. The van der Waals surface area contributed by atoms with Crippen LogP contribution in [0.4, 0.5) is 13.2 Å². The summed E-state index contributed by atoms with van der Waals surface area (Å²) < 4.78 is 49.0. The highest BCUT2D eigenvalue weighted by atomic mass is 19.4. The van der Waals surface area contributed by atoms with Crippen LogP contribution in [-0.4, -0.2) is 32.2 Å². The molecule has 0 radical (unpaired) electrons. The second-order valence-corrected chi connectivity index (χ2v) is 4.91. The number of ether oxygens (including phenoxy) is 2.